The van der Waals surface area contributed by atoms with Crippen molar-refractivity contribution in [3.63, 3.8) is 0 Å². The van der Waals surface area contributed by atoms with Gasteiger partial charge in [0, 0.05) is 29.5 Å². The maximum Gasteiger partial charge on any atom is 0.0597 e. The molecule has 4 heteroatoms. The Morgan fingerprint density at radius 1 is 1.29 bits per heavy atom. The first-order valence-corrected chi connectivity index (χ1v) is 3.18. The smallest absolute Gasteiger partial charge is 0.0597 e. The van der Waals surface area contributed by atoms with E-state index in [-0.39, 0.29) is 0 Å². The lowest BCUT2D eigenvalue weighted by molar-refractivity contribution is 0.345. The molecule has 0 aromatic rings. The number of nitrogens with zero attached hydrogens (tertiary/aromatic N) is 1. The number of hydrogen-bond donors (Lipinski definition) is 2. The number of nitrogens with one attached hydrogen (secondary N) is 2. The van der Waals surface area contributed by atoms with Crippen LogP contribution in [0.4, 0.5) is 0 Å². The van der Waals surface area contributed by atoms with Crippen molar-refractivity contribution in [1.29, 1.82) is 0 Å². The van der Waals surface area contributed by atoms with E-state index in [0.29, 0.717) is 0 Å². The van der Waals surface area contributed by atoms with Crippen molar-refractivity contribution >= 4 is 22.9 Å². The number of hydrogen-bond acceptors (Lipinski definition) is 3. The van der Waals surface area contributed by atoms with Crippen LogP contribution in [0.3, 0.4) is 0 Å². The van der Waals surface area contributed by atoms with Crippen molar-refractivity contribution in [3.8, 4) is 0 Å². The number of halogens is 1. The van der Waals surface area contributed by atoms with Gasteiger partial charge in [-0.15, -0.1) is 0 Å². The zero-order valence-electron chi connectivity index (χ0n) is 3.95. The minimum atomic E-state index is 0.944. The largest absolute Gasteiger partial charge is 0.291 e. The minimum Gasteiger partial charge on any atom is -0.291 e. The van der Waals surface area contributed by atoms with Crippen molar-refractivity contribution in [3.05, 3.63) is 0 Å². The predicted molar refractivity (Wildman–Crippen MR) is 36.7 cm³/mol. The van der Waals surface area contributed by atoms with Crippen LogP contribution < -0.4 is 10.6 Å². The fraction of sp³-hybridized carbons (Fsp3) is 1.00. The van der Waals surface area contributed by atoms with Crippen LogP contribution in [0.2, 0.25) is 0 Å². The van der Waals surface area contributed by atoms with Crippen molar-refractivity contribution in [2.24, 2.45) is 0 Å². The maximum absolute atomic E-state index is 3.14. The van der Waals surface area contributed by atoms with Gasteiger partial charge in [-0.3, -0.25) is 10.6 Å². The molecular formula is C3H8IN3. The molecule has 1 rings (SSSR count). The average Bonchev–Trinajstić information content (AvgIpc) is 1.69. The van der Waals surface area contributed by atoms with Crippen molar-refractivity contribution in [1.82, 2.24) is 13.7 Å². The van der Waals surface area contributed by atoms with E-state index in [1.54, 1.807) is 0 Å². The summed E-state index contributed by atoms with van der Waals surface area (Å²) in [7, 11) is 0. The van der Waals surface area contributed by atoms with Crippen LogP contribution in [-0.2, 0) is 0 Å². The molecule has 0 saturated carbocycles. The van der Waals surface area contributed by atoms with E-state index in [0.717, 1.165) is 20.0 Å². The van der Waals surface area contributed by atoms with Gasteiger partial charge in [-0.2, -0.15) is 0 Å². The topological polar surface area (TPSA) is 27.3 Å². The van der Waals surface area contributed by atoms with Gasteiger partial charge in [0.1, 0.15) is 0 Å². The fourth-order valence-electron chi connectivity index (χ4n) is 0.499. The summed E-state index contributed by atoms with van der Waals surface area (Å²) in [5.74, 6) is 0. The van der Waals surface area contributed by atoms with Gasteiger partial charge in [0.05, 0.1) is 13.3 Å². The second-order valence-electron chi connectivity index (χ2n) is 1.46. The summed E-state index contributed by atoms with van der Waals surface area (Å²) in [6, 6.07) is 0. The van der Waals surface area contributed by atoms with Crippen LogP contribution in [0.5, 0.6) is 0 Å². The predicted octanol–water partition coefficient (Wildman–Crippen LogP) is -0.296. The molecule has 0 bridgehead atoms. The number of rotatable bonds is 0. The molecule has 0 amide bonds. The summed E-state index contributed by atoms with van der Waals surface area (Å²) in [6.45, 7) is 2.93. The van der Waals surface area contributed by atoms with E-state index < -0.39 is 0 Å². The molecule has 0 atom stereocenters. The molecule has 3 nitrogen and oxygen atoms in total. The highest BCUT2D eigenvalue weighted by molar-refractivity contribution is 14.1. The fourth-order valence-corrected chi connectivity index (χ4v) is 0.981. The average molecular weight is 213 g/mol. The molecule has 0 unspecified atom stereocenters. The summed E-state index contributed by atoms with van der Waals surface area (Å²) in [5.41, 5.74) is 0. The van der Waals surface area contributed by atoms with Gasteiger partial charge in [-0.05, 0) is 0 Å². The van der Waals surface area contributed by atoms with Gasteiger partial charge in [0.2, 0.25) is 0 Å². The molecule has 7 heavy (non-hydrogen) atoms. The summed E-state index contributed by atoms with van der Waals surface area (Å²) in [6.07, 6.45) is 0. The molecule has 2 N–H and O–H groups in total. The minimum absolute atomic E-state index is 0.944. The van der Waals surface area contributed by atoms with Crippen LogP contribution in [0, 0.1) is 0 Å². The summed E-state index contributed by atoms with van der Waals surface area (Å²) in [5, 5.41) is 6.28. The van der Waals surface area contributed by atoms with E-state index in [9.17, 15) is 0 Å². The first-order chi connectivity index (χ1) is 3.39. The van der Waals surface area contributed by atoms with Crippen LogP contribution >= 0.6 is 22.9 Å². The lowest BCUT2D eigenvalue weighted by Gasteiger charge is -2.21. The van der Waals surface area contributed by atoms with Gasteiger partial charge >= 0.3 is 0 Å². The Labute approximate surface area is 56.9 Å². The Kier molecular flexibility index (Phi) is 2.30. The van der Waals surface area contributed by atoms with E-state index in [2.05, 4.69) is 36.6 Å². The van der Waals surface area contributed by atoms with Gasteiger partial charge in [0.15, 0.2) is 0 Å². The Hall–Kier alpha value is 0.610. The highest BCUT2D eigenvalue weighted by Crippen LogP contribution is 1.93. The summed E-state index contributed by atoms with van der Waals surface area (Å²) in [4.78, 5) is 0. The second-order valence-corrected chi connectivity index (χ2v) is 2.82. The molecule has 0 aromatic heterocycles. The Balaban J connectivity index is 2.12. The Bertz CT molecular complexity index is 52.1. The van der Waals surface area contributed by atoms with Gasteiger partial charge < -0.3 is 0 Å². The van der Waals surface area contributed by atoms with Crippen molar-refractivity contribution in [2.45, 2.75) is 0 Å². The third-order valence-corrected chi connectivity index (χ3v) is 1.50. The second kappa shape index (κ2) is 2.81. The normalized spacial score (nSPS) is 25.3. The molecule has 0 aromatic carbocycles. The zero-order chi connectivity index (χ0) is 5.11. The van der Waals surface area contributed by atoms with Crippen LogP contribution in [-0.4, -0.2) is 23.1 Å². The molecule has 1 saturated heterocycles. The SMILES string of the molecule is IN1CNCNC1. The molecule has 42 valence electrons. The van der Waals surface area contributed by atoms with Crippen LogP contribution in [0.15, 0.2) is 0 Å². The van der Waals surface area contributed by atoms with Crippen molar-refractivity contribution in [2.75, 3.05) is 20.0 Å². The molecule has 1 aliphatic rings. The highest BCUT2D eigenvalue weighted by Gasteiger charge is 2.01. The molecule has 0 spiro atoms. The van der Waals surface area contributed by atoms with Gasteiger partial charge in [0.25, 0.3) is 0 Å². The highest BCUT2D eigenvalue weighted by atomic mass is 127. The quantitative estimate of drug-likeness (QED) is 0.427. The molecule has 1 fully saturated rings. The molecule has 0 aliphatic carbocycles. The van der Waals surface area contributed by atoms with E-state index in [4.69, 9.17) is 0 Å². The maximum atomic E-state index is 3.14. The molecule has 0 radical (unpaired) electrons. The monoisotopic (exact) mass is 213 g/mol. The van der Waals surface area contributed by atoms with E-state index >= 15 is 0 Å². The van der Waals surface area contributed by atoms with Gasteiger partial charge in [-0.1, -0.05) is 0 Å². The standard InChI is InChI=1S/C3H8IN3/c4-7-2-5-1-6-3-7/h5-6H,1-3H2. The Morgan fingerprint density at radius 3 is 2.14 bits per heavy atom. The van der Waals surface area contributed by atoms with Crippen LogP contribution in [0.25, 0.3) is 0 Å². The summed E-state index contributed by atoms with van der Waals surface area (Å²) < 4.78 is 2.14. The lowest BCUT2D eigenvalue weighted by Crippen LogP contribution is -2.46. The third kappa shape index (κ3) is 1.89. The molecular weight excluding hydrogens is 205 g/mol. The zero-order valence-corrected chi connectivity index (χ0v) is 6.10. The van der Waals surface area contributed by atoms with Gasteiger partial charge in [-0.25, -0.2) is 3.11 Å². The molecule has 1 heterocycles. The lowest BCUT2D eigenvalue weighted by atomic mass is 10.8. The molecule has 1 aliphatic heterocycles. The van der Waals surface area contributed by atoms with E-state index in [1.165, 1.54) is 0 Å². The third-order valence-electron chi connectivity index (χ3n) is 0.817. The first kappa shape index (κ1) is 5.74. The Morgan fingerprint density at radius 2 is 1.86 bits per heavy atom. The van der Waals surface area contributed by atoms with Crippen molar-refractivity contribution < 1.29 is 0 Å². The first-order valence-electron chi connectivity index (χ1n) is 2.22. The summed E-state index contributed by atoms with van der Waals surface area (Å²) >= 11 is 2.27. The van der Waals surface area contributed by atoms with E-state index in [1.807, 2.05) is 0 Å². The van der Waals surface area contributed by atoms with Crippen LogP contribution in [0.1, 0.15) is 0 Å².